The minimum absolute atomic E-state index is 0.0186. The number of ether oxygens (including phenoxy) is 1. The summed E-state index contributed by atoms with van der Waals surface area (Å²) in [6.07, 6.45) is 0.214. The van der Waals surface area contributed by atoms with Gasteiger partial charge in [-0.25, -0.2) is 4.79 Å². The smallest absolute Gasteiger partial charge is 0.407 e. The maximum absolute atomic E-state index is 13.0. The molecule has 39 heavy (non-hydrogen) atoms. The average Bonchev–Trinajstić information content (AvgIpc) is 3.29. The number of carbonyl (C=O) groups excluding carboxylic acids is 1. The highest BCUT2D eigenvalue weighted by atomic mass is 32.1. The summed E-state index contributed by atoms with van der Waals surface area (Å²) in [7, 11) is 0. The van der Waals surface area contributed by atoms with Gasteiger partial charge in [-0.1, -0.05) is 109 Å². The van der Waals surface area contributed by atoms with Crippen LogP contribution in [0.25, 0.3) is 11.1 Å². The Hall–Kier alpha value is -4.16. The molecule has 4 aromatic carbocycles. The molecule has 0 heterocycles. The first-order valence-electron chi connectivity index (χ1n) is 13.3. The molecule has 5 nitrogen and oxygen atoms in total. The number of hydrogen-bond donors (Lipinski definition) is 3. The normalized spacial score (nSPS) is 13.5. The van der Waals surface area contributed by atoms with Gasteiger partial charge in [0.05, 0.1) is 12.1 Å². The van der Waals surface area contributed by atoms with Crippen molar-refractivity contribution in [2.45, 2.75) is 31.3 Å². The summed E-state index contributed by atoms with van der Waals surface area (Å²) < 4.78 is 5.81. The summed E-state index contributed by atoms with van der Waals surface area (Å²) in [5, 5.41) is 10.2. The van der Waals surface area contributed by atoms with Crippen LogP contribution in [-0.2, 0) is 11.2 Å². The molecular weight excluding hydrogens is 502 g/mol. The molecule has 0 fully saturated rings. The van der Waals surface area contributed by atoms with E-state index in [0.717, 1.165) is 11.1 Å². The van der Waals surface area contributed by atoms with Crippen molar-refractivity contribution in [1.29, 1.82) is 0 Å². The Morgan fingerprint density at radius 1 is 0.795 bits per heavy atom. The highest BCUT2D eigenvalue weighted by Crippen LogP contribution is 2.44. The maximum atomic E-state index is 13.0. The molecule has 0 bridgehead atoms. The van der Waals surface area contributed by atoms with Crippen LogP contribution in [0.15, 0.2) is 109 Å². The summed E-state index contributed by atoms with van der Waals surface area (Å²) in [5.41, 5.74) is 7.08. The number of rotatable bonds is 9. The van der Waals surface area contributed by atoms with Gasteiger partial charge in [-0.05, 0) is 58.9 Å². The van der Waals surface area contributed by atoms with Crippen LogP contribution in [0.4, 0.5) is 4.79 Å². The molecule has 198 valence electrons. The molecule has 0 aromatic heterocycles. The van der Waals surface area contributed by atoms with Crippen LogP contribution < -0.4 is 16.0 Å². The van der Waals surface area contributed by atoms with E-state index in [1.165, 1.54) is 22.3 Å². The largest absolute Gasteiger partial charge is 0.449 e. The Morgan fingerprint density at radius 2 is 1.36 bits per heavy atom. The van der Waals surface area contributed by atoms with Crippen LogP contribution in [0.1, 0.15) is 41.1 Å². The molecule has 3 N–H and O–H groups in total. The van der Waals surface area contributed by atoms with Crippen LogP contribution >= 0.6 is 12.2 Å². The Labute approximate surface area is 235 Å². The molecule has 0 saturated heterocycles. The van der Waals surface area contributed by atoms with Gasteiger partial charge >= 0.3 is 6.09 Å². The lowest BCUT2D eigenvalue weighted by Crippen LogP contribution is -2.47. The fraction of sp³-hybridized carbons (Fsp3) is 0.212. The lowest BCUT2D eigenvalue weighted by Gasteiger charge is -2.23. The first-order chi connectivity index (χ1) is 19.1. The van der Waals surface area contributed by atoms with E-state index < -0.39 is 6.09 Å². The van der Waals surface area contributed by atoms with Crippen molar-refractivity contribution in [2.75, 3.05) is 13.2 Å². The Bertz CT molecular complexity index is 1370. The van der Waals surface area contributed by atoms with Crippen molar-refractivity contribution < 1.29 is 9.53 Å². The number of amides is 1. The van der Waals surface area contributed by atoms with Crippen LogP contribution in [0.5, 0.6) is 0 Å². The molecule has 1 aliphatic carbocycles. The summed E-state index contributed by atoms with van der Waals surface area (Å²) in [6, 6.07) is 36.8. The Kier molecular flexibility index (Phi) is 8.54. The van der Waals surface area contributed by atoms with E-state index in [1.54, 1.807) is 0 Å². The van der Waals surface area contributed by atoms with Gasteiger partial charge in [-0.15, -0.1) is 0 Å². The maximum Gasteiger partial charge on any atom is 0.407 e. The second kappa shape index (κ2) is 12.6. The summed E-state index contributed by atoms with van der Waals surface area (Å²) in [6.45, 7) is 2.81. The Morgan fingerprint density at radius 3 is 2.00 bits per heavy atom. The number of thiocarbonyl (C=S) groups is 1. The third-order valence-electron chi connectivity index (χ3n) is 7.15. The van der Waals surface area contributed by atoms with Crippen molar-refractivity contribution in [3.63, 3.8) is 0 Å². The van der Waals surface area contributed by atoms with Crippen molar-refractivity contribution >= 4 is 23.4 Å². The fourth-order valence-corrected chi connectivity index (χ4v) is 5.43. The predicted octanol–water partition coefficient (Wildman–Crippen LogP) is 6.36. The van der Waals surface area contributed by atoms with Gasteiger partial charge in [0.25, 0.3) is 0 Å². The molecule has 2 atom stereocenters. The fourth-order valence-electron chi connectivity index (χ4n) is 5.17. The summed E-state index contributed by atoms with van der Waals surface area (Å²) >= 11 is 5.56. The van der Waals surface area contributed by atoms with Crippen LogP contribution in [0.2, 0.25) is 0 Å². The zero-order chi connectivity index (χ0) is 27.0. The second-order valence-electron chi connectivity index (χ2n) is 9.84. The van der Waals surface area contributed by atoms with E-state index >= 15 is 0 Å². The third-order valence-corrected chi connectivity index (χ3v) is 7.41. The van der Waals surface area contributed by atoms with Gasteiger partial charge in [0.15, 0.2) is 5.11 Å². The third kappa shape index (κ3) is 6.65. The van der Waals surface area contributed by atoms with E-state index in [4.69, 9.17) is 17.0 Å². The van der Waals surface area contributed by atoms with E-state index in [2.05, 4.69) is 71.4 Å². The van der Waals surface area contributed by atoms with Crippen LogP contribution in [0, 0.1) is 0 Å². The number of alkyl carbamates (subject to hydrolysis) is 1. The average molecular weight is 536 g/mol. The van der Waals surface area contributed by atoms with Gasteiger partial charge in [0.1, 0.15) is 6.61 Å². The molecule has 1 aliphatic rings. The van der Waals surface area contributed by atoms with Crippen molar-refractivity contribution in [2.24, 2.45) is 0 Å². The molecule has 5 rings (SSSR count). The molecule has 0 spiro atoms. The van der Waals surface area contributed by atoms with E-state index in [0.29, 0.717) is 18.1 Å². The van der Waals surface area contributed by atoms with Gasteiger partial charge in [0, 0.05) is 12.5 Å². The number of nitrogens with one attached hydrogen (secondary N) is 3. The molecule has 0 saturated carbocycles. The lowest BCUT2D eigenvalue weighted by atomic mass is 9.98. The second-order valence-corrected chi connectivity index (χ2v) is 10.3. The molecular formula is C33H33N3O2S. The van der Waals surface area contributed by atoms with Gasteiger partial charge < -0.3 is 20.7 Å². The molecule has 0 aliphatic heterocycles. The standard InChI is InChI=1S/C33H33N3O2S/c1-23(25-14-6-3-7-15-25)35-32(39)34-21-26(20-24-12-4-2-5-13-24)36-33(37)38-22-31-29-18-10-8-16-27(29)28-17-9-11-19-30(28)31/h2-19,23,26,31H,20-22H2,1H3,(H,36,37)(H2,34,35,39)/t23-,26-/m0/s1. The minimum atomic E-state index is -0.434. The molecule has 6 heteroatoms. The topological polar surface area (TPSA) is 62.4 Å². The monoisotopic (exact) mass is 535 g/mol. The van der Waals surface area contributed by atoms with Crippen LogP contribution in [-0.4, -0.2) is 30.4 Å². The number of benzene rings is 4. The molecule has 0 unspecified atom stereocenters. The van der Waals surface area contributed by atoms with E-state index in [1.807, 2.05) is 60.7 Å². The molecule has 1 amide bonds. The number of hydrogen-bond acceptors (Lipinski definition) is 3. The zero-order valence-corrected chi connectivity index (χ0v) is 22.8. The molecule has 0 radical (unpaired) electrons. The van der Waals surface area contributed by atoms with Gasteiger partial charge in [-0.2, -0.15) is 0 Å². The lowest BCUT2D eigenvalue weighted by molar-refractivity contribution is 0.139. The van der Waals surface area contributed by atoms with Crippen molar-refractivity contribution in [3.05, 3.63) is 131 Å². The van der Waals surface area contributed by atoms with Gasteiger partial charge in [-0.3, -0.25) is 0 Å². The quantitative estimate of drug-likeness (QED) is 0.218. The first kappa shape index (κ1) is 26.4. The van der Waals surface area contributed by atoms with Gasteiger partial charge in [0.2, 0.25) is 0 Å². The minimum Gasteiger partial charge on any atom is -0.449 e. The zero-order valence-electron chi connectivity index (χ0n) is 22.0. The SMILES string of the molecule is C[C@H](NC(=S)NC[C@H](Cc1ccccc1)NC(=O)OCC1c2ccccc2-c2ccccc21)c1ccccc1. The van der Waals surface area contributed by atoms with Crippen molar-refractivity contribution in [3.8, 4) is 11.1 Å². The first-order valence-corrected chi connectivity index (χ1v) is 13.7. The van der Waals surface area contributed by atoms with E-state index in [9.17, 15) is 4.79 Å². The molecule has 4 aromatic rings. The Balaban J connectivity index is 1.20. The highest BCUT2D eigenvalue weighted by Gasteiger charge is 2.29. The number of carbonyl (C=O) groups is 1. The van der Waals surface area contributed by atoms with Crippen molar-refractivity contribution in [1.82, 2.24) is 16.0 Å². The number of fused-ring (bicyclic) bond motifs is 3. The van der Waals surface area contributed by atoms with E-state index in [-0.39, 0.29) is 24.6 Å². The highest BCUT2D eigenvalue weighted by molar-refractivity contribution is 7.80. The van der Waals surface area contributed by atoms with Crippen LogP contribution in [0.3, 0.4) is 0 Å². The predicted molar refractivity (Wildman–Crippen MR) is 161 cm³/mol. The summed E-state index contributed by atoms with van der Waals surface area (Å²) in [5.74, 6) is 0.0186. The summed E-state index contributed by atoms with van der Waals surface area (Å²) in [4.78, 5) is 13.0.